The Kier molecular flexibility index (Phi) is 12.3. The van der Waals surface area contributed by atoms with Crippen molar-refractivity contribution in [1.29, 1.82) is 5.26 Å². The Morgan fingerprint density at radius 3 is 2.42 bits per heavy atom. The Hall–Kier alpha value is -4.62. The number of rotatable bonds is 11. The fraction of sp³-hybridized carbons (Fsp3) is 0.512. The summed E-state index contributed by atoms with van der Waals surface area (Å²) in [5, 5.41) is 21.7. The fourth-order valence-electron chi connectivity index (χ4n) is 8.59. The Labute approximate surface area is 330 Å². The second kappa shape index (κ2) is 16.7. The summed E-state index contributed by atoms with van der Waals surface area (Å²) in [5.41, 5.74) is -3.55. The molecule has 16 heteroatoms. The molecule has 2 amide bonds. The molecule has 4 atom stereocenters. The van der Waals surface area contributed by atoms with E-state index in [0.717, 1.165) is 58.6 Å². The maximum absolute atomic E-state index is 15.0. The van der Waals surface area contributed by atoms with Gasteiger partial charge in [0, 0.05) is 49.6 Å². The number of nitriles is 1. The standard InChI is InChI=1S/C41H44F6N4O5S/c1-3-8-33-39(56-30-22-34(57-24-30)41(45,46)47,14-7-18-51(33)36(53)35-32(40(42,43)44)11-6-17-49-35)37(54)50-19-15-38(25-48,16-20-50)31-10-5-4-9-28(31)23-55-29-13-12-27(21-29)26(2)52/h4-6,9-11,17,22,24,27,29,33,52H,2-3,7-8,12-16,18-21,23H2,1H3/t27?,29-,33+,39-/m0/s1. The molecule has 1 N–H and O–H groups in total. The first kappa shape index (κ1) is 42.0. The summed E-state index contributed by atoms with van der Waals surface area (Å²) in [7, 11) is 0. The number of carbonyl (C=O) groups excluding carboxylic acids is 2. The van der Waals surface area contributed by atoms with E-state index < -0.39 is 57.4 Å². The molecule has 3 fully saturated rings. The van der Waals surface area contributed by atoms with Gasteiger partial charge in [-0.3, -0.25) is 14.6 Å². The summed E-state index contributed by atoms with van der Waals surface area (Å²) in [6.45, 7) is 5.70. The summed E-state index contributed by atoms with van der Waals surface area (Å²) in [6, 6.07) is 11.3. The van der Waals surface area contributed by atoms with E-state index in [9.17, 15) is 41.5 Å². The third-order valence-corrected chi connectivity index (χ3v) is 12.5. The van der Waals surface area contributed by atoms with E-state index in [1.54, 1.807) is 6.92 Å². The summed E-state index contributed by atoms with van der Waals surface area (Å²) in [5.74, 6) is -1.84. The Morgan fingerprint density at radius 2 is 1.79 bits per heavy atom. The number of halogens is 6. The van der Waals surface area contributed by atoms with Crippen LogP contribution in [0.15, 0.2) is 66.4 Å². The molecule has 0 spiro atoms. The van der Waals surface area contributed by atoms with Crippen LogP contribution < -0.4 is 4.74 Å². The van der Waals surface area contributed by atoms with Crippen molar-refractivity contribution in [2.75, 3.05) is 19.6 Å². The molecular weight excluding hydrogens is 775 g/mol. The van der Waals surface area contributed by atoms with E-state index in [1.807, 2.05) is 24.3 Å². The number of hydrogen-bond donors (Lipinski definition) is 1. The Balaban J connectivity index is 1.31. The molecule has 57 heavy (non-hydrogen) atoms. The van der Waals surface area contributed by atoms with Crippen molar-refractivity contribution in [3.63, 3.8) is 0 Å². The van der Waals surface area contributed by atoms with Gasteiger partial charge in [0.15, 0.2) is 0 Å². The van der Waals surface area contributed by atoms with Gasteiger partial charge in [0.2, 0.25) is 5.60 Å². The van der Waals surface area contributed by atoms with Gasteiger partial charge in [0.1, 0.15) is 16.3 Å². The molecule has 1 aliphatic carbocycles. The lowest BCUT2D eigenvalue weighted by atomic mass is 9.71. The number of alkyl halides is 6. The van der Waals surface area contributed by atoms with Crippen LogP contribution in [0.25, 0.3) is 0 Å². The molecule has 6 rings (SSSR count). The summed E-state index contributed by atoms with van der Waals surface area (Å²) < 4.78 is 96.1. The normalized spacial score (nSPS) is 23.9. The number of amides is 2. The van der Waals surface area contributed by atoms with Crippen molar-refractivity contribution in [2.45, 2.75) is 107 Å². The number of carbonyl (C=O) groups is 2. The van der Waals surface area contributed by atoms with Gasteiger partial charge in [-0.1, -0.05) is 44.2 Å². The van der Waals surface area contributed by atoms with E-state index in [-0.39, 0.29) is 81.9 Å². The Morgan fingerprint density at radius 1 is 1.05 bits per heavy atom. The first-order valence-corrected chi connectivity index (χ1v) is 19.9. The average Bonchev–Trinajstić information content (AvgIpc) is 3.88. The average molecular weight is 819 g/mol. The molecule has 1 aromatic carbocycles. The maximum Gasteiger partial charge on any atom is 0.425 e. The van der Waals surface area contributed by atoms with Gasteiger partial charge in [0.25, 0.3) is 11.8 Å². The zero-order chi connectivity index (χ0) is 41.2. The van der Waals surface area contributed by atoms with Crippen LogP contribution in [0.4, 0.5) is 26.3 Å². The number of aliphatic hydroxyl groups excluding tert-OH is 1. The van der Waals surface area contributed by atoms with Crippen LogP contribution in [-0.2, 0) is 33.9 Å². The number of aromatic nitrogens is 1. The smallest absolute Gasteiger partial charge is 0.425 e. The van der Waals surface area contributed by atoms with Gasteiger partial charge < -0.3 is 24.4 Å². The number of allylic oxidation sites excluding steroid dienone is 1. The number of likely N-dealkylation sites (tertiary alicyclic amines) is 2. The van der Waals surface area contributed by atoms with Crippen LogP contribution in [0.5, 0.6) is 5.75 Å². The van der Waals surface area contributed by atoms with Crippen molar-refractivity contribution in [3.05, 3.63) is 93.6 Å². The first-order valence-electron chi connectivity index (χ1n) is 19.0. The van der Waals surface area contributed by atoms with Crippen molar-refractivity contribution >= 4 is 23.2 Å². The van der Waals surface area contributed by atoms with E-state index in [0.29, 0.717) is 24.2 Å². The van der Waals surface area contributed by atoms with Gasteiger partial charge in [0.05, 0.1) is 41.6 Å². The maximum atomic E-state index is 15.0. The topological polar surface area (TPSA) is 116 Å². The van der Waals surface area contributed by atoms with Crippen LogP contribution in [0.3, 0.4) is 0 Å². The molecule has 3 aliphatic rings. The van der Waals surface area contributed by atoms with Gasteiger partial charge in [-0.25, -0.2) is 0 Å². The molecule has 0 radical (unpaired) electrons. The second-order valence-corrected chi connectivity index (χ2v) is 15.9. The number of nitrogens with zero attached hydrogens (tertiary/aromatic N) is 4. The quantitative estimate of drug-likeness (QED) is 0.152. The third-order valence-electron chi connectivity index (χ3n) is 11.5. The number of piperidine rings is 2. The van der Waals surface area contributed by atoms with Crippen molar-refractivity contribution < 1.29 is 50.5 Å². The zero-order valence-corrected chi connectivity index (χ0v) is 32.2. The highest BCUT2D eigenvalue weighted by molar-refractivity contribution is 7.10. The number of ether oxygens (including phenoxy) is 2. The molecule has 2 aromatic heterocycles. The van der Waals surface area contributed by atoms with Crippen molar-refractivity contribution in [3.8, 4) is 11.8 Å². The van der Waals surface area contributed by atoms with Gasteiger partial charge in [-0.05, 0) is 68.2 Å². The van der Waals surface area contributed by atoms with Crippen LogP contribution in [0.2, 0.25) is 0 Å². The lowest BCUT2D eigenvalue weighted by molar-refractivity contribution is -0.160. The fourth-order valence-corrected chi connectivity index (χ4v) is 9.27. The van der Waals surface area contributed by atoms with Crippen LogP contribution >= 0.6 is 11.3 Å². The largest absolute Gasteiger partial charge is 0.513 e. The highest BCUT2D eigenvalue weighted by Gasteiger charge is 2.57. The third kappa shape index (κ3) is 8.65. The van der Waals surface area contributed by atoms with Crippen molar-refractivity contribution in [2.24, 2.45) is 5.92 Å². The van der Waals surface area contributed by atoms with Gasteiger partial charge in [-0.2, -0.15) is 31.6 Å². The SMILES string of the molecule is C=C(O)C1CC[C@H](OCc2ccccc2C2(C#N)CCN(C(=O)[C@]3(Oc4csc(C(F)(F)F)c4)CCCN(C(=O)c4ncccc4C(F)(F)F)[C@@H]3CCC)CC2)C1. The number of thiophene rings is 1. The lowest BCUT2D eigenvalue weighted by Gasteiger charge is -2.51. The Bertz CT molecular complexity index is 1990. The molecule has 2 saturated heterocycles. The van der Waals surface area contributed by atoms with E-state index >= 15 is 4.79 Å². The van der Waals surface area contributed by atoms with Gasteiger partial charge >= 0.3 is 12.4 Å². The molecular formula is C41H44F6N4O5S. The van der Waals surface area contributed by atoms with Crippen LogP contribution in [0, 0.1) is 17.2 Å². The zero-order valence-electron chi connectivity index (χ0n) is 31.4. The van der Waals surface area contributed by atoms with Crippen LogP contribution in [0.1, 0.15) is 96.8 Å². The summed E-state index contributed by atoms with van der Waals surface area (Å²) >= 11 is 0.377. The van der Waals surface area contributed by atoms with Gasteiger partial charge in [-0.15, -0.1) is 11.3 Å². The molecule has 1 saturated carbocycles. The molecule has 0 bridgehead atoms. The molecule has 2 aliphatic heterocycles. The molecule has 4 heterocycles. The molecule has 9 nitrogen and oxygen atoms in total. The highest BCUT2D eigenvalue weighted by atomic mass is 32.1. The molecule has 1 unspecified atom stereocenters. The minimum Gasteiger partial charge on any atom is -0.513 e. The number of benzene rings is 1. The summed E-state index contributed by atoms with van der Waals surface area (Å²) in [4.78, 5) is 34.6. The molecule has 306 valence electrons. The van der Waals surface area contributed by atoms with E-state index in [2.05, 4.69) is 17.6 Å². The van der Waals surface area contributed by atoms with E-state index in [4.69, 9.17) is 9.47 Å². The minimum absolute atomic E-state index is 0.0302. The van der Waals surface area contributed by atoms with Crippen molar-refractivity contribution in [1.82, 2.24) is 14.8 Å². The van der Waals surface area contributed by atoms with Crippen LogP contribution in [-0.4, -0.2) is 69.1 Å². The number of aliphatic hydroxyl groups is 1. The monoisotopic (exact) mass is 818 g/mol. The molecule has 3 aromatic rings. The lowest BCUT2D eigenvalue weighted by Crippen LogP contribution is -2.68. The first-order chi connectivity index (χ1) is 27.0. The minimum atomic E-state index is -4.91. The highest BCUT2D eigenvalue weighted by Crippen LogP contribution is 2.44. The predicted molar refractivity (Wildman–Crippen MR) is 198 cm³/mol. The summed E-state index contributed by atoms with van der Waals surface area (Å²) in [6.07, 6.45) is -5.59. The number of hydrogen-bond acceptors (Lipinski definition) is 8. The second-order valence-electron chi connectivity index (χ2n) is 15.0. The van der Waals surface area contributed by atoms with E-state index in [1.165, 1.54) is 4.90 Å². The number of pyridine rings is 1. The predicted octanol–water partition coefficient (Wildman–Crippen LogP) is 9.24.